The molecule has 0 saturated heterocycles. The van der Waals surface area contributed by atoms with E-state index in [1.807, 2.05) is 0 Å². The molecule has 0 spiro atoms. The number of carbonyl (C=O) groups excluding carboxylic acids is 1. The number of ether oxygens (including phenoxy) is 1. The molecule has 0 amide bonds. The van der Waals surface area contributed by atoms with Crippen molar-refractivity contribution in [3.8, 4) is 0 Å². The highest BCUT2D eigenvalue weighted by molar-refractivity contribution is 5.75. The SMILES string of the molecule is COC(=O)C(O)C(O)c1cn[nH]c1N. The molecule has 0 aliphatic heterocycles. The molecule has 7 nitrogen and oxygen atoms in total. The Balaban J connectivity index is 2.80. The largest absolute Gasteiger partial charge is 0.467 e. The summed E-state index contributed by atoms with van der Waals surface area (Å²) in [6.45, 7) is 0. The third-order valence-electron chi connectivity index (χ3n) is 1.76. The second kappa shape index (κ2) is 4.07. The fourth-order valence-electron chi connectivity index (χ4n) is 0.961. The molecule has 7 heteroatoms. The zero-order valence-electron chi connectivity index (χ0n) is 7.47. The van der Waals surface area contributed by atoms with E-state index >= 15 is 0 Å². The van der Waals surface area contributed by atoms with Gasteiger partial charge in [0, 0.05) is 5.56 Å². The summed E-state index contributed by atoms with van der Waals surface area (Å²) in [6.07, 6.45) is -1.88. The maximum Gasteiger partial charge on any atom is 0.337 e. The summed E-state index contributed by atoms with van der Waals surface area (Å²) in [7, 11) is 1.11. The smallest absolute Gasteiger partial charge is 0.337 e. The van der Waals surface area contributed by atoms with Crippen molar-refractivity contribution in [1.29, 1.82) is 0 Å². The summed E-state index contributed by atoms with van der Waals surface area (Å²) in [5.41, 5.74) is 5.54. The number of rotatable bonds is 3. The Labute approximate surface area is 79.5 Å². The van der Waals surface area contributed by atoms with E-state index in [0.717, 1.165) is 7.11 Å². The molecule has 0 bridgehead atoms. The van der Waals surface area contributed by atoms with Crippen molar-refractivity contribution in [3.05, 3.63) is 11.8 Å². The minimum atomic E-state index is -1.67. The quantitative estimate of drug-likeness (QED) is 0.444. The number of nitrogens with zero attached hydrogens (tertiary/aromatic N) is 1. The molecule has 0 aromatic carbocycles. The maximum atomic E-state index is 10.9. The summed E-state index contributed by atoms with van der Waals surface area (Å²) in [5, 5.41) is 24.6. The number of nitrogens with two attached hydrogens (primary N) is 1. The third-order valence-corrected chi connectivity index (χ3v) is 1.76. The summed E-state index contributed by atoms with van der Waals surface area (Å²) in [6, 6.07) is 0. The van der Waals surface area contributed by atoms with E-state index in [-0.39, 0.29) is 11.4 Å². The average molecular weight is 201 g/mol. The number of nitrogens with one attached hydrogen (secondary N) is 1. The van der Waals surface area contributed by atoms with Gasteiger partial charge in [-0.05, 0) is 0 Å². The van der Waals surface area contributed by atoms with Gasteiger partial charge < -0.3 is 20.7 Å². The number of hydrogen-bond acceptors (Lipinski definition) is 6. The van der Waals surface area contributed by atoms with Crippen molar-refractivity contribution < 1.29 is 19.7 Å². The van der Waals surface area contributed by atoms with Gasteiger partial charge in [-0.25, -0.2) is 4.79 Å². The number of aliphatic hydroxyl groups excluding tert-OH is 2. The number of aliphatic hydroxyl groups is 2. The van der Waals surface area contributed by atoms with E-state index < -0.39 is 18.2 Å². The molecular weight excluding hydrogens is 190 g/mol. The van der Waals surface area contributed by atoms with E-state index in [0.29, 0.717) is 0 Å². The Hall–Kier alpha value is -1.60. The first-order chi connectivity index (χ1) is 6.57. The molecule has 1 aromatic rings. The normalized spacial score (nSPS) is 14.8. The number of aromatic amines is 1. The van der Waals surface area contributed by atoms with Crippen molar-refractivity contribution in [2.75, 3.05) is 12.8 Å². The number of carbonyl (C=O) groups is 1. The summed E-state index contributed by atoms with van der Waals surface area (Å²) < 4.78 is 4.25. The van der Waals surface area contributed by atoms with Gasteiger partial charge in [0.2, 0.25) is 0 Å². The number of methoxy groups -OCH3 is 1. The van der Waals surface area contributed by atoms with Crippen LogP contribution in [-0.4, -0.2) is 39.6 Å². The highest BCUT2D eigenvalue weighted by Gasteiger charge is 2.28. The molecule has 1 heterocycles. The minimum Gasteiger partial charge on any atom is -0.467 e. The fraction of sp³-hybridized carbons (Fsp3) is 0.429. The predicted octanol–water partition coefficient (Wildman–Crippen LogP) is -1.44. The molecule has 0 aliphatic rings. The van der Waals surface area contributed by atoms with E-state index in [2.05, 4.69) is 14.9 Å². The van der Waals surface area contributed by atoms with Gasteiger partial charge in [-0.15, -0.1) is 0 Å². The summed E-state index contributed by atoms with van der Waals surface area (Å²) in [5.74, 6) is -0.835. The van der Waals surface area contributed by atoms with Crippen LogP contribution in [0.1, 0.15) is 11.7 Å². The number of anilines is 1. The molecule has 78 valence electrons. The maximum absolute atomic E-state index is 10.9. The van der Waals surface area contributed by atoms with E-state index in [9.17, 15) is 15.0 Å². The molecule has 0 fully saturated rings. The van der Waals surface area contributed by atoms with Crippen LogP contribution < -0.4 is 5.73 Å². The van der Waals surface area contributed by atoms with Crippen LogP contribution in [0.2, 0.25) is 0 Å². The first-order valence-electron chi connectivity index (χ1n) is 3.80. The van der Waals surface area contributed by atoms with Gasteiger partial charge in [-0.1, -0.05) is 0 Å². The molecule has 2 atom stereocenters. The minimum absolute atomic E-state index is 0.0976. The molecule has 14 heavy (non-hydrogen) atoms. The highest BCUT2D eigenvalue weighted by atomic mass is 16.5. The van der Waals surface area contributed by atoms with Crippen LogP contribution >= 0.6 is 0 Å². The molecule has 5 N–H and O–H groups in total. The van der Waals surface area contributed by atoms with Gasteiger partial charge in [-0.3, -0.25) is 5.10 Å². The number of hydrogen-bond donors (Lipinski definition) is 4. The second-order valence-corrected chi connectivity index (χ2v) is 2.65. The van der Waals surface area contributed by atoms with Crippen molar-refractivity contribution in [2.24, 2.45) is 0 Å². The lowest BCUT2D eigenvalue weighted by Gasteiger charge is -2.14. The lowest BCUT2D eigenvalue weighted by molar-refractivity contribution is -0.156. The fourth-order valence-corrected chi connectivity index (χ4v) is 0.961. The lowest BCUT2D eigenvalue weighted by atomic mass is 10.1. The van der Waals surface area contributed by atoms with E-state index in [1.165, 1.54) is 6.20 Å². The van der Waals surface area contributed by atoms with Crippen LogP contribution in [-0.2, 0) is 9.53 Å². The van der Waals surface area contributed by atoms with Gasteiger partial charge in [-0.2, -0.15) is 5.10 Å². The zero-order valence-corrected chi connectivity index (χ0v) is 7.47. The van der Waals surface area contributed by atoms with Crippen LogP contribution in [0.15, 0.2) is 6.20 Å². The average Bonchev–Trinajstić information content (AvgIpc) is 2.61. The topological polar surface area (TPSA) is 121 Å². The number of aromatic nitrogens is 2. The van der Waals surface area contributed by atoms with E-state index in [1.54, 1.807) is 0 Å². The summed E-state index contributed by atoms with van der Waals surface area (Å²) >= 11 is 0. The molecule has 0 aliphatic carbocycles. The molecular formula is C7H11N3O4. The molecule has 1 aromatic heterocycles. The molecule has 0 saturated carbocycles. The Morgan fingerprint density at radius 3 is 2.79 bits per heavy atom. The van der Waals surface area contributed by atoms with Gasteiger partial charge in [0.15, 0.2) is 6.10 Å². The number of esters is 1. The first-order valence-corrected chi connectivity index (χ1v) is 3.80. The number of nitrogen functional groups attached to an aromatic ring is 1. The van der Waals surface area contributed by atoms with Crippen molar-refractivity contribution in [1.82, 2.24) is 10.2 Å². The first kappa shape index (κ1) is 10.5. The zero-order chi connectivity index (χ0) is 10.7. The van der Waals surface area contributed by atoms with Crippen LogP contribution in [0.3, 0.4) is 0 Å². The Kier molecular flexibility index (Phi) is 3.05. The molecule has 1 rings (SSSR count). The Morgan fingerprint density at radius 2 is 2.36 bits per heavy atom. The highest BCUT2D eigenvalue weighted by Crippen LogP contribution is 2.21. The van der Waals surface area contributed by atoms with Crippen molar-refractivity contribution in [3.63, 3.8) is 0 Å². The van der Waals surface area contributed by atoms with Gasteiger partial charge in [0.1, 0.15) is 11.9 Å². The van der Waals surface area contributed by atoms with Crippen LogP contribution in [0.4, 0.5) is 5.82 Å². The van der Waals surface area contributed by atoms with Gasteiger partial charge in [0.25, 0.3) is 0 Å². The standard InChI is InChI=1S/C7H11N3O4/c1-14-7(13)5(12)4(11)3-2-9-10-6(3)8/h2,4-5,11-12H,1H3,(H3,8,9,10). The van der Waals surface area contributed by atoms with Crippen molar-refractivity contribution in [2.45, 2.75) is 12.2 Å². The van der Waals surface area contributed by atoms with Gasteiger partial charge in [0.05, 0.1) is 13.3 Å². The van der Waals surface area contributed by atoms with Crippen LogP contribution in [0, 0.1) is 0 Å². The van der Waals surface area contributed by atoms with E-state index in [4.69, 9.17) is 5.73 Å². The third kappa shape index (κ3) is 1.83. The Bertz CT molecular complexity index is 324. The Morgan fingerprint density at radius 1 is 1.71 bits per heavy atom. The second-order valence-electron chi connectivity index (χ2n) is 2.65. The molecule has 2 unspecified atom stereocenters. The van der Waals surface area contributed by atoms with Crippen molar-refractivity contribution >= 4 is 11.8 Å². The van der Waals surface area contributed by atoms with Crippen LogP contribution in [0.25, 0.3) is 0 Å². The monoisotopic (exact) mass is 201 g/mol. The van der Waals surface area contributed by atoms with Gasteiger partial charge >= 0.3 is 5.97 Å². The number of H-pyrrole nitrogens is 1. The lowest BCUT2D eigenvalue weighted by Crippen LogP contribution is -2.29. The molecule has 0 radical (unpaired) electrons. The summed E-state index contributed by atoms with van der Waals surface area (Å²) in [4.78, 5) is 10.9. The van der Waals surface area contributed by atoms with Crippen LogP contribution in [0.5, 0.6) is 0 Å². The predicted molar refractivity (Wildman–Crippen MR) is 46.0 cm³/mol.